The van der Waals surface area contributed by atoms with Crippen LogP contribution in [-0.4, -0.2) is 16.7 Å². The molecule has 1 heterocycles. The fourth-order valence-electron chi connectivity index (χ4n) is 0.971. The third-order valence-corrected chi connectivity index (χ3v) is 2.09. The molecule has 0 aromatic carbocycles. The number of nitrogens with zero attached hydrogens (tertiary/aromatic N) is 1. The molecule has 0 aliphatic rings. The van der Waals surface area contributed by atoms with Crippen molar-refractivity contribution in [1.29, 1.82) is 0 Å². The van der Waals surface area contributed by atoms with Gasteiger partial charge in [-0.05, 0) is 11.6 Å². The van der Waals surface area contributed by atoms with Crippen molar-refractivity contribution in [1.82, 2.24) is 4.98 Å². The predicted molar refractivity (Wildman–Crippen MR) is 48.3 cm³/mol. The van der Waals surface area contributed by atoms with Crippen molar-refractivity contribution >= 4 is 11.6 Å². The third-order valence-electron chi connectivity index (χ3n) is 1.79. The molecule has 0 amide bonds. The lowest BCUT2D eigenvalue weighted by molar-refractivity contribution is -0.137. The van der Waals surface area contributed by atoms with Crippen LogP contribution in [0.1, 0.15) is 17.2 Å². The van der Waals surface area contributed by atoms with Crippen molar-refractivity contribution in [2.45, 2.75) is 12.2 Å². The van der Waals surface area contributed by atoms with Gasteiger partial charge in [-0.25, -0.2) is 4.98 Å². The maximum absolute atomic E-state index is 12.4. The van der Waals surface area contributed by atoms with Gasteiger partial charge in [0.1, 0.15) is 5.15 Å². The lowest BCUT2D eigenvalue weighted by atomic mass is 10.1. The smallest absolute Gasteiger partial charge is 0.394 e. The molecule has 3 N–H and O–H groups in total. The Kier molecular flexibility index (Phi) is 3.54. The van der Waals surface area contributed by atoms with E-state index in [2.05, 4.69) is 4.98 Å². The molecule has 1 aromatic rings. The van der Waals surface area contributed by atoms with E-state index in [0.29, 0.717) is 0 Å². The summed E-state index contributed by atoms with van der Waals surface area (Å²) < 4.78 is 37.1. The number of hydrogen-bond donors (Lipinski definition) is 2. The Labute approximate surface area is 88.7 Å². The van der Waals surface area contributed by atoms with Crippen LogP contribution in [0.2, 0.25) is 5.15 Å². The normalized spacial score (nSPS) is 14.0. The average molecular weight is 241 g/mol. The summed E-state index contributed by atoms with van der Waals surface area (Å²) >= 11 is 5.29. The van der Waals surface area contributed by atoms with Crippen LogP contribution in [-0.2, 0) is 6.18 Å². The Morgan fingerprint density at radius 3 is 2.60 bits per heavy atom. The van der Waals surface area contributed by atoms with E-state index in [1.165, 1.54) is 0 Å². The number of rotatable bonds is 2. The van der Waals surface area contributed by atoms with Crippen LogP contribution in [0, 0.1) is 0 Å². The number of alkyl halides is 3. The zero-order valence-electron chi connectivity index (χ0n) is 7.42. The summed E-state index contributed by atoms with van der Waals surface area (Å²) in [6.45, 7) is -0.458. The molecular weight excluding hydrogens is 233 g/mol. The first kappa shape index (κ1) is 12.2. The lowest BCUT2D eigenvalue weighted by Crippen LogP contribution is -2.16. The van der Waals surface area contributed by atoms with Gasteiger partial charge < -0.3 is 10.8 Å². The molecule has 0 saturated carbocycles. The molecule has 84 valence electrons. The molecular formula is C8H8ClF3N2O. The minimum absolute atomic E-state index is 0.0919. The van der Waals surface area contributed by atoms with Gasteiger partial charge in [0.05, 0.1) is 18.2 Å². The van der Waals surface area contributed by atoms with Crippen LogP contribution in [0.15, 0.2) is 12.3 Å². The molecule has 3 nitrogen and oxygen atoms in total. The maximum Gasteiger partial charge on any atom is 0.419 e. The van der Waals surface area contributed by atoms with E-state index in [0.717, 1.165) is 12.3 Å². The highest BCUT2D eigenvalue weighted by atomic mass is 35.5. The second-order valence-electron chi connectivity index (χ2n) is 2.89. The van der Waals surface area contributed by atoms with Crippen LogP contribution >= 0.6 is 11.6 Å². The first-order chi connectivity index (χ1) is 6.86. The number of aliphatic hydroxyl groups is 1. The Morgan fingerprint density at radius 1 is 1.53 bits per heavy atom. The van der Waals surface area contributed by atoms with Gasteiger partial charge in [-0.15, -0.1) is 0 Å². The predicted octanol–water partition coefficient (Wildman–Crippen LogP) is 1.75. The first-order valence-electron chi connectivity index (χ1n) is 3.95. The van der Waals surface area contributed by atoms with Gasteiger partial charge in [0.15, 0.2) is 0 Å². The van der Waals surface area contributed by atoms with E-state index in [1.807, 2.05) is 0 Å². The third kappa shape index (κ3) is 2.80. The van der Waals surface area contributed by atoms with Gasteiger partial charge in [-0.3, -0.25) is 0 Å². The van der Waals surface area contributed by atoms with E-state index >= 15 is 0 Å². The standard InChI is InChI=1S/C8H8ClF3N2O/c9-7-5(8(10,11)12)1-4(2-14-7)6(13)3-15/h1-2,6,15H,3,13H2/t6-/m0/s1. The van der Waals surface area contributed by atoms with Crippen LogP contribution in [0.25, 0.3) is 0 Å². The molecule has 0 bridgehead atoms. The molecule has 0 spiro atoms. The van der Waals surface area contributed by atoms with E-state index in [4.69, 9.17) is 22.4 Å². The summed E-state index contributed by atoms with van der Waals surface area (Å²) in [5.41, 5.74) is 4.40. The van der Waals surface area contributed by atoms with E-state index < -0.39 is 29.5 Å². The number of nitrogens with two attached hydrogens (primary N) is 1. The molecule has 15 heavy (non-hydrogen) atoms. The first-order valence-corrected chi connectivity index (χ1v) is 4.33. The second-order valence-corrected chi connectivity index (χ2v) is 3.25. The minimum atomic E-state index is -4.57. The monoisotopic (exact) mass is 240 g/mol. The van der Waals surface area contributed by atoms with Crippen LogP contribution in [0.3, 0.4) is 0 Å². The summed E-state index contributed by atoms with van der Waals surface area (Å²) in [4.78, 5) is 3.37. The molecule has 0 aliphatic heterocycles. The van der Waals surface area contributed by atoms with Crippen molar-refractivity contribution in [3.8, 4) is 0 Å². The molecule has 1 atom stereocenters. The average Bonchev–Trinajstić information content (AvgIpc) is 2.15. The molecule has 0 unspecified atom stereocenters. The highest BCUT2D eigenvalue weighted by Crippen LogP contribution is 2.34. The van der Waals surface area contributed by atoms with Crippen LogP contribution < -0.4 is 5.73 Å². The number of pyridine rings is 1. The quantitative estimate of drug-likeness (QED) is 0.775. The lowest BCUT2D eigenvalue weighted by Gasteiger charge is -2.12. The Balaban J connectivity index is 3.17. The molecule has 1 rings (SSSR count). The fourth-order valence-corrected chi connectivity index (χ4v) is 1.18. The van der Waals surface area contributed by atoms with Crippen molar-refractivity contribution < 1.29 is 18.3 Å². The summed E-state index contributed by atoms with van der Waals surface area (Å²) in [5, 5.41) is 8.06. The Bertz CT molecular complexity index is 356. The van der Waals surface area contributed by atoms with Gasteiger partial charge in [0.2, 0.25) is 0 Å². The van der Waals surface area contributed by atoms with Crippen molar-refractivity contribution in [3.63, 3.8) is 0 Å². The number of aromatic nitrogens is 1. The van der Waals surface area contributed by atoms with Crippen molar-refractivity contribution in [3.05, 3.63) is 28.5 Å². The van der Waals surface area contributed by atoms with Crippen LogP contribution in [0.5, 0.6) is 0 Å². The summed E-state index contributed by atoms with van der Waals surface area (Å²) in [6, 6.07) is -0.105. The van der Waals surface area contributed by atoms with Gasteiger partial charge in [-0.1, -0.05) is 11.6 Å². The second kappa shape index (κ2) is 4.34. The van der Waals surface area contributed by atoms with Gasteiger partial charge >= 0.3 is 6.18 Å². The summed E-state index contributed by atoms with van der Waals surface area (Å²) in [6.07, 6.45) is -3.46. The highest BCUT2D eigenvalue weighted by molar-refractivity contribution is 6.30. The topological polar surface area (TPSA) is 59.1 Å². The van der Waals surface area contributed by atoms with Crippen LogP contribution in [0.4, 0.5) is 13.2 Å². The van der Waals surface area contributed by atoms with Gasteiger partial charge in [0, 0.05) is 6.20 Å². The largest absolute Gasteiger partial charge is 0.419 e. The Hall–Kier alpha value is -0.850. The van der Waals surface area contributed by atoms with Gasteiger partial charge in [-0.2, -0.15) is 13.2 Å². The van der Waals surface area contributed by atoms with E-state index in [1.54, 1.807) is 0 Å². The highest BCUT2D eigenvalue weighted by Gasteiger charge is 2.34. The van der Waals surface area contributed by atoms with E-state index in [-0.39, 0.29) is 5.56 Å². The fraction of sp³-hybridized carbons (Fsp3) is 0.375. The molecule has 0 fully saturated rings. The minimum Gasteiger partial charge on any atom is -0.394 e. The number of aliphatic hydroxyl groups excluding tert-OH is 1. The molecule has 1 aromatic heterocycles. The molecule has 0 radical (unpaired) electrons. The van der Waals surface area contributed by atoms with Crippen molar-refractivity contribution in [2.75, 3.05) is 6.61 Å². The number of hydrogen-bond acceptors (Lipinski definition) is 3. The Morgan fingerprint density at radius 2 is 2.13 bits per heavy atom. The summed E-state index contributed by atoms with van der Waals surface area (Å²) in [7, 11) is 0. The molecule has 7 heteroatoms. The van der Waals surface area contributed by atoms with E-state index in [9.17, 15) is 13.2 Å². The van der Waals surface area contributed by atoms with Gasteiger partial charge in [0.25, 0.3) is 0 Å². The SMILES string of the molecule is N[C@@H](CO)c1cnc(Cl)c(C(F)(F)F)c1. The zero-order chi connectivity index (χ0) is 11.6. The maximum atomic E-state index is 12.4. The molecule has 0 saturated heterocycles. The summed E-state index contributed by atoms with van der Waals surface area (Å²) in [5.74, 6) is 0. The zero-order valence-corrected chi connectivity index (χ0v) is 8.18. The number of halogens is 4. The van der Waals surface area contributed by atoms with Crippen molar-refractivity contribution in [2.24, 2.45) is 5.73 Å². The molecule has 0 aliphatic carbocycles.